The SMILES string of the molecule is CS(=O)(=O)Nc1ccc(NCc2cccc(Cl)c2)cc1Cl. The Balaban J connectivity index is 2.07. The molecule has 0 amide bonds. The van der Waals surface area contributed by atoms with Gasteiger partial charge >= 0.3 is 0 Å². The van der Waals surface area contributed by atoms with E-state index in [2.05, 4.69) is 10.0 Å². The average molecular weight is 345 g/mol. The van der Waals surface area contributed by atoms with E-state index in [1.807, 2.05) is 24.3 Å². The maximum absolute atomic E-state index is 11.2. The molecule has 0 heterocycles. The Morgan fingerprint density at radius 2 is 1.86 bits per heavy atom. The molecule has 0 spiro atoms. The lowest BCUT2D eigenvalue weighted by molar-refractivity contribution is 0.607. The molecular weight excluding hydrogens is 331 g/mol. The van der Waals surface area contributed by atoms with Crippen LogP contribution in [0.5, 0.6) is 0 Å². The lowest BCUT2D eigenvalue weighted by atomic mass is 10.2. The zero-order chi connectivity index (χ0) is 15.5. The van der Waals surface area contributed by atoms with Crippen molar-refractivity contribution in [3.05, 3.63) is 58.1 Å². The molecular formula is C14H14Cl2N2O2S. The minimum absolute atomic E-state index is 0.330. The summed E-state index contributed by atoms with van der Waals surface area (Å²) < 4.78 is 24.7. The van der Waals surface area contributed by atoms with E-state index in [0.717, 1.165) is 17.5 Å². The minimum Gasteiger partial charge on any atom is -0.381 e. The molecule has 2 aromatic carbocycles. The third-order valence-electron chi connectivity index (χ3n) is 2.65. The number of halogens is 2. The van der Waals surface area contributed by atoms with Crippen LogP contribution in [0.1, 0.15) is 5.56 Å². The van der Waals surface area contributed by atoms with Crippen molar-refractivity contribution in [3.63, 3.8) is 0 Å². The van der Waals surface area contributed by atoms with E-state index in [1.54, 1.807) is 18.2 Å². The van der Waals surface area contributed by atoms with Gasteiger partial charge in [-0.15, -0.1) is 0 Å². The van der Waals surface area contributed by atoms with Gasteiger partial charge in [-0.3, -0.25) is 4.72 Å². The van der Waals surface area contributed by atoms with Crippen LogP contribution in [0.3, 0.4) is 0 Å². The second kappa shape index (κ2) is 6.56. The minimum atomic E-state index is -3.34. The number of anilines is 2. The van der Waals surface area contributed by atoms with Gasteiger partial charge in [-0.1, -0.05) is 35.3 Å². The van der Waals surface area contributed by atoms with Gasteiger partial charge in [0.2, 0.25) is 10.0 Å². The molecule has 0 bridgehead atoms. The lowest BCUT2D eigenvalue weighted by Crippen LogP contribution is -2.10. The molecule has 2 rings (SSSR count). The molecule has 2 N–H and O–H groups in total. The first-order valence-electron chi connectivity index (χ1n) is 6.09. The largest absolute Gasteiger partial charge is 0.381 e. The highest BCUT2D eigenvalue weighted by Gasteiger charge is 2.07. The van der Waals surface area contributed by atoms with Crippen molar-refractivity contribution in [1.29, 1.82) is 0 Å². The van der Waals surface area contributed by atoms with E-state index in [-0.39, 0.29) is 0 Å². The van der Waals surface area contributed by atoms with Crippen molar-refractivity contribution in [2.75, 3.05) is 16.3 Å². The van der Waals surface area contributed by atoms with E-state index < -0.39 is 10.0 Å². The Kier molecular flexibility index (Phi) is 4.98. The molecule has 0 saturated heterocycles. The van der Waals surface area contributed by atoms with Gasteiger partial charge < -0.3 is 5.32 Å². The van der Waals surface area contributed by atoms with Crippen molar-refractivity contribution >= 4 is 44.6 Å². The summed E-state index contributed by atoms with van der Waals surface area (Å²) in [4.78, 5) is 0. The second-order valence-corrected chi connectivity index (χ2v) is 7.14. The summed E-state index contributed by atoms with van der Waals surface area (Å²) in [6.07, 6.45) is 1.08. The van der Waals surface area contributed by atoms with E-state index in [9.17, 15) is 8.42 Å². The molecule has 4 nitrogen and oxygen atoms in total. The highest BCUT2D eigenvalue weighted by Crippen LogP contribution is 2.26. The highest BCUT2D eigenvalue weighted by atomic mass is 35.5. The van der Waals surface area contributed by atoms with Gasteiger partial charge in [0.1, 0.15) is 0 Å². The van der Waals surface area contributed by atoms with Gasteiger partial charge in [0, 0.05) is 17.3 Å². The average Bonchev–Trinajstić information content (AvgIpc) is 2.38. The summed E-state index contributed by atoms with van der Waals surface area (Å²) in [5.74, 6) is 0. The number of nitrogens with one attached hydrogen (secondary N) is 2. The summed E-state index contributed by atoms with van der Waals surface area (Å²) in [5.41, 5.74) is 2.18. The fraction of sp³-hybridized carbons (Fsp3) is 0.143. The number of hydrogen-bond acceptors (Lipinski definition) is 3. The second-order valence-electron chi connectivity index (χ2n) is 4.55. The Bertz CT molecular complexity index is 748. The van der Waals surface area contributed by atoms with Crippen molar-refractivity contribution in [2.45, 2.75) is 6.54 Å². The predicted octanol–water partition coefficient (Wildman–Crippen LogP) is 3.98. The Hall–Kier alpha value is -1.43. The summed E-state index contributed by atoms with van der Waals surface area (Å²) in [7, 11) is -3.34. The molecule has 0 unspecified atom stereocenters. The summed E-state index contributed by atoms with van der Waals surface area (Å²) in [6, 6.07) is 12.6. The monoisotopic (exact) mass is 344 g/mol. The fourth-order valence-corrected chi connectivity index (χ4v) is 2.83. The highest BCUT2D eigenvalue weighted by molar-refractivity contribution is 7.92. The molecule has 0 saturated carbocycles. The molecule has 0 aliphatic carbocycles. The van der Waals surface area contributed by atoms with Gasteiger partial charge in [0.25, 0.3) is 0 Å². The van der Waals surface area contributed by atoms with Gasteiger partial charge in [-0.25, -0.2) is 8.42 Å². The molecule has 0 fully saturated rings. The van der Waals surface area contributed by atoms with Crippen LogP contribution in [0.15, 0.2) is 42.5 Å². The fourth-order valence-electron chi connectivity index (χ4n) is 1.76. The summed E-state index contributed by atoms with van der Waals surface area (Å²) in [5, 5.41) is 4.21. The topological polar surface area (TPSA) is 58.2 Å². The van der Waals surface area contributed by atoms with E-state index in [0.29, 0.717) is 22.3 Å². The zero-order valence-electron chi connectivity index (χ0n) is 11.2. The third kappa shape index (κ3) is 5.12. The molecule has 0 aromatic heterocycles. The molecule has 21 heavy (non-hydrogen) atoms. The maximum atomic E-state index is 11.2. The van der Waals surface area contributed by atoms with E-state index in [1.165, 1.54) is 0 Å². The first kappa shape index (κ1) is 15.9. The van der Waals surface area contributed by atoms with E-state index >= 15 is 0 Å². The van der Waals surface area contributed by atoms with Crippen molar-refractivity contribution < 1.29 is 8.42 Å². The molecule has 7 heteroatoms. The van der Waals surface area contributed by atoms with Gasteiger partial charge in [-0.2, -0.15) is 0 Å². The Morgan fingerprint density at radius 3 is 2.48 bits per heavy atom. The van der Waals surface area contributed by atoms with Crippen LogP contribution < -0.4 is 10.0 Å². The summed E-state index contributed by atoms with van der Waals surface area (Å²) in [6.45, 7) is 0.593. The molecule has 112 valence electrons. The van der Waals surface area contributed by atoms with E-state index in [4.69, 9.17) is 23.2 Å². The van der Waals surface area contributed by atoms with Crippen molar-refractivity contribution in [2.24, 2.45) is 0 Å². The zero-order valence-corrected chi connectivity index (χ0v) is 13.6. The normalized spacial score (nSPS) is 11.2. The van der Waals surface area contributed by atoms with Gasteiger partial charge in [0.05, 0.1) is 17.0 Å². The lowest BCUT2D eigenvalue weighted by Gasteiger charge is -2.10. The number of sulfonamides is 1. The third-order valence-corrected chi connectivity index (χ3v) is 3.79. The van der Waals surface area contributed by atoms with Crippen LogP contribution in [-0.2, 0) is 16.6 Å². The van der Waals surface area contributed by atoms with Crippen LogP contribution in [0.2, 0.25) is 10.0 Å². The molecule has 2 aromatic rings. The van der Waals surface area contributed by atoms with Crippen LogP contribution in [0, 0.1) is 0 Å². The Labute approximate surface area is 134 Å². The first-order valence-corrected chi connectivity index (χ1v) is 8.74. The molecule has 0 atom stereocenters. The number of benzene rings is 2. The van der Waals surface area contributed by atoms with Crippen LogP contribution in [0.25, 0.3) is 0 Å². The van der Waals surface area contributed by atoms with Crippen molar-refractivity contribution in [3.8, 4) is 0 Å². The van der Waals surface area contributed by atoms with Crippen LogP contribution in [-0.4, -0.2) is 14.7 Å². The number of rotatable bonds is 5. The van der Waals surface area contributed by atoms with Gasteiger partial charge in [0.15, 0.2) is 0 Å². The molecule has 0 aliphatic heterocycles. The van der Waals surface area contributed by atoms with Crippen LogP contribution >= 0.6 is 23.2 Å². The number of hydrogen-bond donors (Lipinski definition) is 2. The predicted molar refractivity (Wildman–Crippen MR) is 88.7 cm³/mol. The Morgan fingerprint density at radius 1 is 1.10 bits per heavy atom. The maximum Gasteiger partial charge on any atom is 0.229 e. The van der Waals surface area contributed by atoms with Gasteiger partial charge in [-0.05, 0) is 35.9 Å². The van der Waals surface area contributed by atoms with Crippen molar-refractivity contribution in [1.82, 2.24) is 0 Å². The summed E-state index contributed by atoms with van der Waals surface area (Å²) >= 11 is 12.0. The standard InChI is InChI=1S/C14H14Cl2N2O2S/c1-21(19,20)18-14-6-5-12(8-13(14)16)17-9-10-3-2-4-11(15)7-10/h2-8,17-18H,9H2,1H3. The smallest absolute Gasteiger partial charge is 0.229 e. The first-order chi connectivity index (χ1) is 9.83. The quantitative estimate of drug-likeness (QED) is 0.862. The molecule has 0 aliphatic rings. The molecule has 0 radical (unpaired) electrons. The van der Waals surface area contributed by atoms with Crippen LogP contribution in [0.4, 0.5) is 11.4 Å².